The summed E-state index contributed by atoms with van der Waals surface area (Å²) in [4.78, 5) is 2.40. The Morgan fingerprint density at radius 1 is 1.14 bits per heavy atom. The maximum Gasteiger partial charge on any atom is 0.163 e. The Bertz CT molecular complexity index is 647. The predicted molar refractivity (Wildman–Crippen MR) is 81.9 cm³/mol. The summed E-state index contributed by atoms with van der Waals surface area (Å²) in [6.45, 7) is 0. The highest BCUT2D eigenvalue weighted by Crippen LogP contribution is 2.38. The fraction of sp³-hybridized carbons (Fsp3) is 0.375. The van der Waals surface area contributed by atoms with E-state index < -0.39 is 6.04 Å². The monoisotopic (exact) mass is 307 g/mol. The van der Waals surface area contributed by atoms with Crippen molar-refractivity contribution in [1.82, 2.24) is 0 Å². The standard InChI is InChI=1S/C16H18FNO2S/c1-19-12-7-10(11(17)8-13(12)20-2)16(18)15-6-9-4-3-5-14(9)21-15/h6-8,16H,3-5,18H2,1-2H3. The van der Waals surface area contributed by atoms with Crippen LogP contribution in [0.3, 0.4) is 0 Å². The van der Waals surface area contributed by atoms with Gasteiger partial charge in [-0.05, 0) is 37.0 Å². The first-order valence-corrected chi connectivity index (χ1v) is 7.74. The van der Waals surface area contributed by atoms with Crippen molar-refractivity contribution in [3.05, 3.63) is 44.9 Å². The third-order valence-corrected chi connectivity index (χ3v) is 5.23. The first-order valence-electron chi connectivity index (χ1n) is 6.92. The van der Waals surface area contributed by atoms with E-state index in [2.05, 4.69) is 6.07 Å². The Morgan fingerprint density at radius 2 is 1.86 bits per heavy atom. The van der Waals surface area contributed by atoms with Gasteiger partial charge in [0.15, 0.2) is 11.5 Å². The van der Waals surface area contributed by atoms with Crippen LogP contribution in [0.2, 0.25) is 0 Å². The molecule has 0 radical (unpaired) electrons. The number of benzene rings is 1. The number of nitrogens with two attached hydrogens (primary N) is 1. The van der Waals surface area contributed by atoms with Crippen LogP contribution in [0, 0.1) is 5.82 Å². The Balaban J connectivity index is 1.98. The van der Waals surface area contributed by atoms with Gasteiger partial charge in [-0.2, -0.15) is 0 Å². The molecule has 1 heterocycles. The molecule has 0 fully saturated rings. The molecule has 5 heteroatoms. The van der Waals surface area contributed by atoms with Gasteiger partial charge >= 0.3 is 0 Å². The zero-order valence-corrected chi connectivity index (χ0v) is 12.9. The normalized spacial score (nSPS) is 14.9. The van der Waals surface area contributed by atoms with Gasteiger partial charge < -0.3 is 15.2 Å². The fourth-order valence-corrected chi connectivity index (χ4v) is 4.04. The molecule has 1 aliphatic rings. The van der Waals surface area contributed by atoms with Crippen molar-refractivity contribution in [1.29, 1.82) is 0 Å². The number of hydrogen-bond acceptors (Lipinski definition) is 4. The van der Waals surface area contributed by atoms with Gasteiger partial charge in [0, 0.05) is 21.4 Å². The van der Waals surface area contributed by atoms with Crippen LogP contribution in [-0.2, 0) is 12.8 Å². The molecule has 0 bridgehead atoms. The Morgan fingerprint density at radius 3 is 2.52 bits per heavy atom. The highest BCUT2D eigenvalue weighted by molar-refractivity contribution is 7.12. The topological polar surface area (TPSA) is 44.5 Å². The van der Waals surface area contributed by atoms with Gasteiger partial charge in [-0.15, -0.1) is 11.3 Å². The first-order chi connectivity index (χ1) is 10.1. The molecule has 112 valence electrons. The van der Waals surface area contributed by atoms with E-state index in [-0.39, 0.29) is 5.82 Å². The molecule has 3 nitrogen and oxygen atoms in total. The van der Waals surface area contributed by atoms with Gasteiger partial charge in [-0.25, -0.2) is 4.39 Å². The molecule has 1 aliphatic carbocycles. The molecule has 0 amide bonds. The van der Waals surface area contributed by atoms with E-state index in [0.717, 1.165) is 17.7 Å². The second kappa shape index (κ2) is 5.66. The number of thiophene rings is 1. The van der Waals surface area contributed by atoms with E-state index in [1.807, 2.05) is 0 Å². The predicted octanol–water partition coefficient (Wildman–Crippen LogP) is 3.44. The van der Waals surface area contributed by atoms with Crippen LogP contribution in [0.25, 0.3) is 0 Å². The van der Waals surface area contributed by atoms with Crippen molar-refractivity contribution in [2.24, 2.45) is 5.73 Å². The van der Waals surface area contributed by atoms with Crippen LogP contribution in [0.15, 0.2) is 18.2 Å². The van der Waals surface area contributed by atoms with Gasteiger partial charge in [-0.1, -0.05) is 0 Å². The van der Waals surface area contributed by atoms with Crippen LogP contribution < -0.4 is 15.2 Å². The van der Waals surface area contributed by atoms with Crippen molar-refractivity contribution >= 4 is 11.3 Å². The van der Waals surface area contributed by atoms with Gasteiger partial charge in [-0.3, -0.25) is 0 Å². The molecule has 1 unspecified atom stereocenters. The Kier molecular flexibility index (Phi) is 3.87. The number of hydrogen-bond donors (Lipinski definition) is 1. The van der Waals surface area contributed by atoms with Crippen LogP contribution in [0.4, 0.5) is 4.39 Å². The highest BCUT2D eigenvalue weighted by atomic mass is 32.1. The van der Waals surface area contributed by atoms with E-state index in [4.69, 9.17) is 15.2 Å². The van der Waals surface area contributed by atoms with Gasteiger partial charge in [0.1, 0.15) is 5.82 Å². The molecule has 1 atom stereocenters. The van der Waals surface area contributed by atoms with Crippen LogP contribution in [0.5, 0.6) is 11.5 Å². The first kappa shape index (κ1) is 14.4. The molecule has 21 heavy (non-hydrogen) atoms. The van der Waals surface area contributed by atoms with Gasteiger partial charge in [0.2, 0.25) is 0 Å². The van der Waals surface area contributed by atoms with E-state index in [0.29, 0.717) is 17.1 Å². The second-order valence-corrected chi connectivity index (χ2v) is 6.33. The molecule has 0 saturated carbocycles. The van der Waals surface area contributed by atoms with Gasteiger partial charge in [0.05, 0.1) is 20.3 Å². The third kappa shape index (κ3) is 2.51. The second-order valence-electron chi connectivity index (χ2n) is 5.16. The molecule has 0 spiro atoms. The zero-order chi connectivity index (χ0) is 15.0. The molecule has 2 N–H and O–H groups in total. The quantitative estimate of drug-likeness (QED) is 0.941. The van der Waals surface area contributed by atoms with E-state index >= 15 is 0 Å². The summed E-state index contributed by atoms with van der Waals surface area (Å²) in [6.07, 6.45) is 3.43. The lowest BCUT2D eigenvalue weighted by Gasteiger charge is -2.15. The van der Waals surface area contributed by atoms with Crippen LogP contribution >= 0.6 is 11.3 Å². The van der Waals surface area contributed by atoms with Crippen molar-refractivity contribution < 1.29 is 13.9 Å². The number of rotatable bonds is 4. The lowest BCUT2D eigenvalue weighted by molar-refractivity contribution is 0.351. The maximum atomic E-state index is 14.3. The van der Waals surface area contributed by atoms with Gasteiger partial charge in [0.25, 0.3) is 0 Å². The minimum Gasteiger partial charge on any atom is -0.493 e. The van der Waals surface area contributed by atoms with Crippen LogP contribution in [-0.4, -0.2) is 14.2 Å². The number of methoxy groups -OCH3 is 2. The largest absolute Gasteiger partial charge is 0.493 e. The minimum absolute atomic E-state index is 0.367. The SMILES string of the molecule is COc1cc(F)c(C(N)c2cc3c(s2)CCC3)cc1OC. The average Bonchev–Trinajstić information content (AvgIpc) is 3.07. The molecule has 1 aromatic carbocycles. The van der Waals surface area contributed by atoms with Crippen molar-refractivity contribution in [3.8, 4) is 11.5 Å². The minimum atomic E-state index is -0.472. The number of halogens is 1. The summed E-state index contributed by atoms with van der Waals surface area (Å²) in [5.74, 6) is 0.502. The summed E-state index contributed by atoms with van der Waals surface area (Å²) in [5, 5.41) is 0. The summed E-state index contributed by atoms with van der Waals surface area (Å²) >= 11 is 1.69. The highest BCUT2D eigenvalue weighted by Gasteiger charge is 2.22. The number of ether oxygens (including phenoxy) is 2. The van der Waals surface area contributed by atoms with E-state index in [1.165, 1.54) is 37.1 Å². The summed E-state index contributed by atoms with van der Waals surface area (Å²) < 4.78 is 24.6. The fourth-order valence-electron chi connectivity index (χ4n) is 2.77. The smallest absolute Gasteiger partial charge is 0.163 e. The molecule has 1 aromatic heterocycles. The molecule has 3 rings (SSSR count). The summed E-state index contributed by atoms with van der Waals surface area (Å²) in [5.41, 5.74) is 8.07. The van der Waals surface area contributed by atoms with Crippen molar-refractivity contribution in [2.45, 2.75) is 25.3 Å². The molecular formula is C16H18FNO2S. The third-order valence-electron chi connectivity index (χ3n) is 3.91. The summed E-state index contributed by atoms with van der Waals surface area (Å²) in [6, 6.07) is 4.60. The lowest BCUT2D eigenvalue weighted by atomic mass is 10.0. The average molecular weight is 307 g/mol. The summed E-state index contributed by atoms with van der Waals surface area (Å²) in [7, 11) is 3.02. The Hall–Kier alpha value is -1.59. The van der Waals surface area contributed by atoms with Crippen LogP contribution in [0.1, 0.15) is 33.3 Å². The van der Waals surface area contributed by atoms with E-state index in [9.17, 15) is 4.39 Å². The number of aryl methyl sites for hydroxylation is 2. The molecule has 2 aromatic rings. The lowest BCUT2D eigenvalue weighted by Crippen LogP contribution is -2.13. The van der Waals surface area contributed by atoms with Crippen molar-refractivity contribution in [2.75, 3.05) is 14.2 Å². The maximum absolute atomic E-state index is 14.3. The molecular weight excluding hydrogens is 289 g/mol. The molecule has 0 saturated heterocycles. The molecule has 0 aliphatic heterocycles. The Labute approximate surface area is 127 Å². The van der Waals surface area contributed by atoms with E-state index in [1.54, 1.807) is 17.4 Å². The van der Waals surface area contributed by atoms with Crippen molar-refractivity contribution in [3.63, 3.8) is 0 Å². The zero-order valence-electron chi connectivity index (χ0n) is 12.1. The number of fused-ring (bicyclic) bond motifs is 1.